The van der Waals surface area contributed by atoms with Crippen LogP contribution in [0.2, 0.25) is 0 Å². The van der Waals surface area contributed by atoms with Crippen molar-refractivity contribution in [2.45, 2.75) is 25.2 Å². The highest BCUT2D eigenvalue weighted by atomic mass is 19.3. The van der Waals surface area contributed by atoms with E-state index in [1.807, 2.05) is 0 Å². The van der Waals surface area contributed by atoms with Crippen molar-refractivity contribution in [1.29, 1.82) is 0 Å². The Balaban J connectivity index is 2.50. The molecule has 0 bridgehead atoms. The predicted molar refractivity (Wildman–Crippen MR) is 44.3 cm³/mol. The zero-order chi connectivity index (χ0) is 10.1. The normalized spacial score (nSPS) is 23.7. The molecule has 0 saturated heterocycles. The molecule has 1 aliphatic carbocycles. The summed E-state index contributed by atoms with van der Waals surface area (Å²) < 4.78 is 25.2. The summed E-state index contributed by atoms with van der Waals surface area (Å²) in [6.07, 6.45) is -0.458. The van der Waals surface area contributed by atoms with Crippen molar-refractivity contribution >= 4 is 5.78 Å². The van der Waals surface area contributed by atoms with Crippen LogP contribution in [0.3, 0.4) is 0 Å². The van der Waals surface area contributed by atoms with Gasteiger partial charge in [-0.3, -0.25) is 4.79 Å². The van der Waals surface area contributed by atoms with Gasteiger partial charge in [0, 0.05) is 24.7 Å². The van der Waals surface area contributed by atoms with Gasteiger partial charge in [-0.15, -0.1) is 0 Å². The Bertz CT molecular complexity index is 210. The number of carbonyl (C=O) groups is 1. The summed E-state index contributed by atoms with van der Waals surface area (Å²) in [4.78, 5) is 11.0. The van der Waals surface area contributed by atoms with Gasteiger partial charge in [0.25, 0.3) is 0 Å². The highest BCUT2D eigenvalue weighted by molar-refractivity contribution is 5.81. The van der Waals surface area contributed by atoms with Crippen LogP contribution in [-0.2, 0) is 4.79 Å². The largest absolute Gasteiger partial charge is 0.330 e. The molecule has 1 saturated carbocycles. The average Bonchev–Trinajstić information content (AvgIpc) is 2.00. The molecule has 0 aromatic rings. The summed E-state index contributed by atoms with van der Waals surface area (Å²) >= 11 is 0. The molecular weight excluding hydrogens is 178 g/mol. The smallest absolute Gasteiger partial charge is 0.249 e. The molecule has 0 heterocycles. The quantitative estimate of drug-likeness (QED) is 0.672. The molecule has 0 aromatic heterocycles. The van der Waals surface area contributed by atoms with Gasteiger partial charge >= 0.3 is 0 Å². The van der Waals surface area contributed by atoms with Crippen molar-refractivity contribution in [2.75, 3.05) is 13.1 Å². The number of halogens is 2. The van der Waals surface area contributed by atoms with Gasteiger partial charge < -0.3 is 11.5 Å². The van der Waals surface area contributed by atoms with Crippen LogP contribution in [0.1, 0.15) is 19.3 Å². The van der Waals surface area contributed by atoms with Crippen molar-refractivity contribution in [3.8, 4) is 0 Å². The van der Waals surface area contributed by atoms with E-state index in [0.29, 0.717) is 0 Å². The fraction of sp³-hybridized carbons (Fsp3) is 0.875. The highest BCUT2D eigenvalue weighted by Gasteiger charge is 2.55. The summed E-state index contributed by atoms with van der Waals surface area (Å²) in [5.74, 6) is -2.82. The maximum atomic E-state index is 12.6. The summed E-state index contributed by atoms with van der Waals surface area (Å²) in [5, 5.41) is 0. The number of alkyl halides is 2. The number of rotatable bonds is 4. The zero-order valence-corrected chi connectivity index (χ0v) is 7.35. The van der Waals surface area contributed by atoms with E-state index in [1.165, 1.54) is 0 Å². The van der Waals surface area contributed by atoms with Gasteiger partial charge in [0.05, 0.1) is 6.54 Å². The number of nitrogens with two attached hydrogens (primary N) is 2. The molecule has 0 radical (unpaired) electrons. The first-order chi connectivity index (χ1) is 5.93. The monoisotopic (exact) mass is 192 g/mol. The van der Waals surface area contributed by atoms with Crippen LogP contribution in [0.15, 0.2) is 0 Å². The van der Waals surface area contributed by atoms with Crippen molar-refractivity contribution in [3.05, 3.63) is 0 Å². The summed E-state index contributed by atoms with van der Waals surface area (Å²) in [5.41, 5.74) is 9.79. The first kappa shape index (κ1) is 10.5. The Kier molecular flexibility index (Phi) is 2.68. The molecule has 5 heteroatoms. The Morgan fingerprint density at radius 3 is 2.15 bits per heavy atom. The van der Waals surface area contributed by atoms with E-state index < -0.39 is 11.3 Å². The summed E-state index contributed by atoms with van der Waals surface area (Å²) in [6, 6.07) is 0. The van der Waals surface area contributed by atoms with E-state index >= 15 is 0 Å². The van der Waals surface area contributed by atoms with E-state index in [0.717, 1.165) is 0 Å². The molecule has 4 N–H and O–H groups in total. The first-order valence-corrected chi connectivity index (χ1v) is 4.23. The fourth-order valence-corrected chi connectivity index (χ4v) is 1.88. The minimum atomic E-state index is -2.63. The average molecular weight is 192 g/mol. The zero-order valence-electron chi connectivity index (χ0n) is 7.35. The Labute approximate surface area is 75.5 Å². The molecule has 1 fully saturated rings. The van der Waals surface area contributed by atoms with E-state index in [4.69, 9.17) is 11.5 Å². The lowest BCUT2D eigenvalue weighted by atomic mass is 9.63. The Hall–Kier alpha value is -0.550. The lowest BCUT2D eigenvalue weighted by Crippen LogP contribution is -2.51. The van der Waals surface area contributed by atoms with Crippen LogP contribution in [-0.4, -0.2) is 24.8 Å². The lowest BCUT2D eigenvalue weighted by molar-refractivity contribution is -0.163. The van der Waals surface area contributed by atoms with Crippen molar-refractivity contribution < 1.29 is 13.6 Å². The molecule has 0 aliphatic heterocycles. The third kappa shape index (κ3) is 2.22. The number of hydrogen-bond acceptors (Lipinski definition) is 3. The minimum absolute atomic E-state index is 0.0900. The molecule has 13 heavy (non-hydrogen) atoms. The van der Waals surface area contributed by atoms with Gasteiger partial charge in [-0.25, -0.2) is 8.78 Å². The second-order valence-corrected chi connectivity index (χ2v) is 3.83. The molecule has 0 amide bonds. The number of carbonyl (C=O) groups excluding carboxylic acids is 1. The SMILES string of the molecule is NCC(=O)CC1(CN)CC(F)(F)C1. The molecule has 1 aliphatic rings. The summed E-state index contributed by atoms with van der Waals surface area (Å²) in [6.45, 7) is 0.0433. The van der Waals surface area contributed by atoms with E-state index in [1.54, 1.807) is 0 Å². The topological polar surface area (TPSA) is 69.1 Å². The number of ketones is 1. The van der Waals surface area contributed by atoms with Gasteiger partial charge in [0.1, 0.15) is 5.78 Å². The van der Waals surface area contributed by atoms with Crippen molar-refractivity contribution in [2.24, 2.45) is 16.9 Å². The first-order valence-electron chi connectivity index (χ1n) is 4.23. The summed E-state index contributed by atoms with van der Waals surface area (Å²) in [7, 11) is 0. The van der Waals surface area contributed by atoms with Gasteiger partial charge in [-0.1, -0.05) is 0 Å². The van der Waals surface area contributed by atoms with Crippen LogP contribution in [0.4, 0.5) is 8.78 Å². The molecular formula is C8H14F2N2O. The van der Waals surface area contributed by atoms with Gasteiger partial charge in [0.15, 0.2) is 0 Å². The molecule has 0 atom stereocenters. The Morgan fingerprint density at radius 1 is 1.31 bits per heavy atom. The molecule has 76 valence electrons. The van der Waals surface area contributed by atoms with E-state index in [2.05, 4.69) is 0 Å². The third-order valence-corrected chi connectivity index (χ3v) is 2.50. The maximum Gasteiger partial charge on any atom is 0.249 e. The number of hydrogen-bond donors (Lipinski definition) is 2. The van der Waals surface area contributed by atoms with Gasteiger partial charge in [0.2, 0.25) is 5.92 Å². The minimum Gasteiger partial charge on any atom is -0.330 e. The van der Waals surface area contributed by atoms with Crippen LogP contribution in [0, 0.1) is 5.41 Å². The van der Waals surface area contributed by atoms with Crippen molar-refractivity contribution in [1.82, 2.24) is 0 Å². The maximum absolute atomic E-state index is 12.6. The molecule has 3 nitrogen and oxygen atoms in total. The van der Waals surface area contributed by atoms with Crippen LogP contribution >= 0.6 is 0 Å². The molecule has 1 rings (SSSR count). The lowest BCUT2D eigenvalue weighted by Gasteiger charge is -2.46. The standard InChI is InChI=1S/C8H14F2N2O/c9-8(10)3-7(4-8,5-12)1-6(13)2-11/h1-5,11-12H2. The van der Waals surface area contributed by atoms with Gasteiger partial charge in [-0.05, 0) is 6.54 Å². The second kappa shape index (κ2) is 3.31. The number of Topliss-reactive ketones (excluding diaryl/α,β-unsaturated/α-hetero) is 1. The van der Waals surface area contributed by atoms with Crippen LogP contribution in [0.5, 0.6) is 0 Å². The predicted octanol–water partition coefficient (Wildman–Crippen LogP) is 0.278. The molecule has 0 spiro atoms. The highest BCUT2D eigenvalue weighted by Crippen LogP contribution is 2.53. The third-order valence-electron chi connectivity index (χ3n) is 2.50. The van der Waals surface area contributed by atoms with E-state index in [9.17, 15) is 13.6 Å². The van der Waals surface area contributed by atoms with E-state index in [-0.39, 0.29) is 38.1 Å². The molecule has 0 aromatic carbocycles. The Morgan fingerprint density at radius 2 is 1.85 bits per heavy atom. The van der Waals surface area contributed by atoms with Crippen molar-refractivity contribution in [3.63, 3.8) is 0 Å². The fourth-order valence-electron chi connectivity index (χ4n) is 1.88. The van der Waals surface area contributed by atoms with Crippen LogP contribution < -0.4 is 11.5 Å². The second-order valence-electron chi connectivity index (χ2n) is 3.83. The van der Waals surface area contributed by atoms with Gasteiger partial charge in [-0.2, -0.15) is 0 Å². The molecule has 0 unspecified atom stereocenters. The van der Waals surface area contributed by atoms with Crippen LogP contribution in [0.25, 0.3) is 0 Å².